The van der Waals surface area contributed by atoms with E-state index in [2.05, 4.69) is 20.7 Å². The maximum atomic E-state index is 13.5. The van der Waals surface area contributed by atoms with Gasteiger partial charge in [0.15, 0.2) is 5.82 Å². The average molecular weight is 282 g/mol. The normalized spacial score (nSPS) is 10.1. The molecule has 0 aliphatic carbocycles. The fourth-order valence-corrected chi connectivity index (χ4v) is 1.52. The van der Waals surface area contributed by atoms with Gasteiger partial charge >= 0.3 is 0 Å². The molecule has 2 rings (SSSR count). The number of nitrogens with zero attached hydrogens (tertiary/aromatic N) is 2. The molecule has 1 aromatic heterocycles. The maximum Gasteiger partial charge on any atom is 0.275 e. The topological polar surface area (TPSA) is 92.9 Å². The van der Waals surface area contributed by atoms with Crippen LogP contribution in [0.2, 0.25) is 5.02 Å². The Bertz CT molecular complexity index is 584. The van der Waals surface area contributed by atoms with Gasteiger partial charge < -0.3 is 10.7 Å². The maximum absolute atomic E-state index is 13.5. The van der Waals surface area contributed by atoms with Gasteiger partial charge in [0.25, 0.3) is 5.91 Å². The molecule has 98 valence electrons. The number of nitrogens with one attached hydrogen (secondary N) is 2. The van der Waals surface area contributed by atoms with Crippen molar-refractivity contribution in [3.8, 4) is 0 Å². The molecule has 0 radical (unpaired) electrons. The van der Waals surface area contributed by atoms with E-state index in [4.69, 9.17) is 17.4 Å². The first-order valence-corrected chi connectivity index (χ1v) is 5.53. The van der Waals surface area contributed by atoms with E-state index in [0.29, 0.717) is 5.82 Å². The predicted molar refractivity (Wildman–Crippen MR) is 69.2 cm³/mol. The molecule has 0 fully saturated rings. The first-order chi connectivity index (χ1) is 9.11. The number of rotatable bonds is 3. The predicted octanol–water partition coefficient (Wildman–Crippen LogP) is 1.81. The lowest BCUT2D eigenvalue weighted by Crippen LogP contribution is -2.16. The van der Waals surface area contributed by atoms with Crippen LogP contribution in [-0.2, 0) is 0 Å². The molecule has 0 saturated carbocycles. The lowest BCUT2D eigenvalue weighted by atomic mass is 10.3. The molecule has 0 bridgehead atoms. The zero-order valence-corrected chi connectivity index (χ0v) is 10.3. The van der Waals surface area contributed by atoms with Crippen molar-refractivity contribution in [3.05, 3.63) is 47.1 Å². The van der Waals surface area contributed by atoms with Gasteiger partial charge in [0, 0.05) is 0 Å². The second-order valence-corrected chi connectivity index (χ2v) is 3.89. The molecule has 1 amide bonds. The summed E-state index contributed by atoms with van der Waals surface area (Å²) in [6.45, 7) is 0. The molecule has 0 unspecified atom stereocenters. The Balaban J connectivity index is 2.20. The van der Waals surface area contributed by atoms with Crippen LogP contribution in [0.4, 0.5) is 15.9 Å². The molecular weight excluding hydrogens is 273 g/mol. The summed E-state index contributed by atoms with van der Waals surface area (Å²) in [5.41, 5.74) is 2.19. The Hall–Kier alpha value is -2.25. The average Bonchev–Trinajstić information content (AvgIpc) is 2.43. The monoisotopic (exact) mass is 281 g/mol. The van der Waals surface area contributed by atoms with Crippen LogP contribution < -0.4 is 16.6 Å². The van der Waals surface area contributed by atoms with E-state index >= 15 is 0 Å². The van der Waals surface area contributed by atoms with Crippen LogP contribution in [0.3, 0.4) is 0 Å². The van der Waals surface area contributed by atoms with Gasteiger partial charge in [0.1, 0.15) is 11.5 Å². The lowest BCUT2D eigenvalue weighted by molar-refractivity contribution is 0.102. The number of halogens is 2. The summed E-state index contributed by atoms with van der Waals surface area (Å²) >= 11 is 5.79. The molecule has 0 atom stereocenters. The molecule has 1 aromatic carbocycles. The number of benzene rings is 1. The Kier molecular flexibility index (Phi) is 3.88. The highest BCUT2D eigenvalue weighted by molar-refractivity contribution is 6.33. The fourth-order valence-electron chi connectivity index (χ4n) is 1.31. The first kappa shape index (κ1) is 13.2. The molecule has 1 heterocycles. The molecule has 0 saturated heterocycles. The number of para-hydroxylation sites is 1. The van der Waals surface area contributed by atoms with Gasteiger partial charge in [0.2, 0.25) is 0 Å². The summed E-state index contributed by atoms with van der Waals surface area (Å²) in [5, 5.41) is 2.43. The highest BCUT2D eigenvalue weighted by atomic mass is 35.5. The van der Waals surface area contributed by atoms with Crippen molar-refractivity contribution in [3.63, 3.8) is 0 Å². The van der Waals surface area contributed by atoms with Gasteiger partial charge in [-0.3, -0.25) is 4.79 Å². The van der Waals surface area contributed by atoms with Gasteiger partial charge in [-0.1, -0.05) is 17.7 Å². The zero-order chi connectivity index (χ0) is 13.8. The summed E-state index contributed by atoms with van der Waals surface area (Å²) in [7, 11) is 0. The zero-order valence-electron chi connectivity index (χ0n) is 9.52. The third-order valence-electron chi connectivity index (χ3n) is 2.23. The Morgan fingerprint density at radius 1 is 1.32 bits per heavy atom. The molecule has 8 heteroatoms. The summed E-state index contributed by atoms with van der Waals surface area (Å²) < 4.78 is 13.5. The van der Waals surface area contributed by atoms with Crippen molar-refractivity contribution in [2.45, 2.75) is 0 Å². The number of amides is 1. The number of nitrogens with two attached hydrogens (primary N) is 1. The molecular formula is C11H9ClFN5O. The van der Waals surface area contributed by atoms with Crippen molar-refractivity contribution >= 4 is 29.0 Å². The van der Waals surface area contributed by atoms with Crippen LogP contribution in [0, 0.1) is 5.82 Å². The lowest BCUT2D eigenvalue weighted by Gasteiger charge is -2.07. The number of anilines is 2. The largest absolute Gasteiger partial charge is 0.317 e. The Morgan fingerprint density at radius 2 is 2.11 bits per heavy atom. The first-order valence-electron chi connectivity index (χ1n) is 5.16. The van der Waals surface area contributed by atoms with Crippen LogP contribution in [0.15, 0.2) is 30.6 Å². The number of hydrazine groups is 1. The number of hydrogen-bond acceptors (Lipinski definition) is 5. The van der Waals surface area contributed by atoms with Gasteiger partial charge in [-0.2, -0.15) is 0 Å². The molecule has 0 spiro atoms. The van der Waals surface area contributed by atoms with Crippen LogP contribution in [0.1, 0.15) is 10.5 Å². The quantitative estimate of drug-likeness (QED) is 0.589. The Labute approximate surface area is 112 Å². The molecule has 19 heavy (non-hydrogen) atoms. The third-order valence-corrected chi connectivity index (χ3v) is 2.55. The van der Waals surface area contributed by atoms with Crippen LogP contribution >= 0.6 is 11.6 Å². The molecule has 0 aliphatic rings. The number of carbonyl (C=O) groups excluding carboxylic acids is 1. The third kappa shape index (κ3) is 2.95. The van der Waals surface area contributed by atoms with Crippen molar-refractivity contribution in [1.82, 2.24) is 9.97 Å². The van der Waals surface area contributed by atoms with Crippen LogP contribution in [-0.4, -0.2) is 15.9 Å². The standard InChI is InChI=1S/C11H9ClFN5O/c12-6-2-1-3-7(13)10(6)17-11(19)8-4-16-9(18-14)5-15-8/h1-5H,14H2,(H,16,18)(H,17,19). The fraction of sp³-hybridized carbons (Fsp3) is 0. The summed E-state index contributed by atoms with van der Waals surface area (Å²) in [4.78, 5) is 19.5. The number of hydrogen-bond donors (Lipinski definition) is 3. The van der Waals surface area contributed by atoms with E-state index in [1.165, 1.54) is 30.6 Å². The van der Waals surface area contributed by atoms with E-state index in [1.807, 2.05) is 0 Å². The summed E-state index contributed by atoms with van der Waals surface area (Å²) in [6, 6.07) is 4.09. The minimum Gasteiger partial charge on any atom is -0.317 e. The minimum absolute atomic E-state index is 0.0123. The second kappa shape index (κ2) is 5.59. The van der Waals surface area contributed by atoms with E-state index in [9.17, 15) is 9.18 Å². The SMILES string of the molecule is NNc1cnc(C(=O)Nc2c(F)cccc2Cl)cn1. The van der Waals surface area contributed by atoms with Gasteiger partial charge in [0.05, 0.1) is 23.1 Å². The highest BCUT2D eigenvalue weighted by Crippen LogP contribution is 2.24. The van der Waals surface area contributed by atoms with Crippen molar-refractivity contribution in [2.24, 2.45) is 5.84 Å². The number of nitrogen functional groups attached to an aromatic ring is 1. The molecule has 6 nitrogen and oxygen atoms in total. The van der Waals surface area contributed by atoms with Gasteiger partial charge in [-0.15, -0.1) is 0 Å². The number of carbonyl (C=O) groups is 1. The molecule has 0 aliphatic heterocycles. The van der Waals surface area contributed by atoms with Gasteiger partial charge in [-0.05, 0) is 12.1 Å². The Morgan fingerprint density at radius 3 is 2.68 bits per heavy atom. The van der Waals surface area contributed by atoms with E-state index in [0.717, 1.165) is 0 Å². The van der Waals surface area contributed by atoms with Crippen LogP contribution in [0.25, 0.3) is 0 Å². The van der Waals surface area contributed by atoms with Crippen molar-refractivity contribution < 1.29 is 9.18 Å². The smallest absolute Gasteiger partial charge is 0.275 e. The second-order valence-electron chi connectivity index (χ2n) is 3.48. The number of aromatic nitrogens is 2. The summed E-state index contributed by atoms with van der Waals surface area (Å²) in [6.07, 6.45) is 2.48. The highest BCUT2D eigenvalue weighted by Gasteiger charge is 2.13. The van der Waals surface area contributed by atoms with Crippen molar-refractivity contribution in [1.29, 1.82) is 0 Å². The van der Waals surface area contributed by atoms with Crippen LogP contribution in [0.5, 0.6) is 0 Å². The minimum atomic E-state index is -0.631. The molecule has 2 aromatic rings. The van der Waals surface area contributed by atoms with E-state index in [1.54, 1.807) is 0 Å². The van der Waals surface area contributed by atoms with Crippen molar-refractivity contribution in [2.75, 3.05) is 10.7 Å². The molecule has 4 N–H and O–H groups in total. The van der Waals surface area contributed by atoms with E-state index < -0.39 is 11.7 Å². The van der Waals surface area contributed by atoms with E-state index in [-0.39, 0.29) is 16.4 Å². The van der Waals surface area contributed by atoms with Gasteiger partial charge in [-0.25, -0.2) is 20.2 Å². The summed E-state index contributed by atoms with van der Waals surface area (Å²) in [5.74, 6) is 4.17.